The second kappa shape index (κ2) is 8.01. The van der Waals surface area contributed by atoms with Gasteiger partial charge in [0.05, 0.1) is 5.69 Å². The predicted octanol–water partition coefficient (Wildman–Crippen LogP) is 4.22. The van der Waals surface area contributed by atoms with Gasteiger partial charge in [-0.3, -0.25) is 4.79 Å². The molecule has 0 unspecified atom stereocenters. The summed E-state index contributed by atoms with van der Waals surface area (Å²) in [6.45, 7) is 2.24. The molecule has 2 aromatic carbocycles. The van der Waals surface area contributed by atoms with Crippen molar-refractivity contribution in [3.05, 3.63) is 66.4 Å². The number of nitrogens with zero attached hydrogens (tertiary/aromatic N) is 1. The average Bonchev–Trinajstić information content (AvgIpc) is 3.02. The average molecular weight is 337 g/mol. The number of anilines is 2. The van der Waals surface area contributed by atoms with Crippen LogP contribution in [0.5, 0.6) is 11.5 Å². The van der Waals surface area contributed by atoms with E-state index in [4.69, 9.17) is 9.26 Å². The van der Waals surface area contributed by atoms with Crippen LogP contribution in [-0.4, -0.2) is 17.6 Å². The highest BCUT2D eigenvalue weighted by atomic mass is 16.5. The first-order valence-corrected chi connectivity index (χ1v) is 8.00. The molecule has 2 N–H and O–H groups in total. The molecule has 0 fully saturated rings. The van der Waals surface area contributed by atoms with E-state index in [0.717, 1.165) is 11.4 Å². The highest BCUT2D eigenvalue weighted by Gasteiger charge is 2.08. The maximum atomic E-state index is 11.9. The molecule has 0 aliphatic carbocycles. The van der Waals surface area contributed by atoms with E-state index in [2.05, 4.69) is 15.8 Å². The van der Waals surface area contributed by atoms with Crippen LogP contribution in [0.3, 0.4) is 0 Å². The van der Waals surface area contributed by atoms with Crippen molar-refractivity contribution in [3.8, 4) is 11.5 Å². The lowest BCUT2D eigenvalue weighted by atomic mass is 10.2. The summed E-state index contributed by atoms with van der Waals surface area (Å²) < 4.78 is 10.8. The minimum atomic E-state index is -0.137. The van der Waals surface area contributed by atoms with Crippen molar-refractivity contribution in [2.45, 2.75) is 13.3 Å². The van der Waals surface area contributed by atoms with Crippen molar-refractivity contribution >= 4 is 17.4 Å². The smallest absolute Gasteiger partial charge is 0.227 e. The number of carbonyl (C=O) groups excluding carboxylic acids is 1. The van der Waals surface area contributed by atoms with E-state index in [1.54, 1.807) is 13.0 Å². The number of hydrogen-bond acceptors (Lipinski definition) is 5. The van der Waals surface area contributed by atoms with E-state index in [9.17, 15) is 4.79 Å². The molecule has 0 bridgehead atoms. The molecule has 0 aliphatic rings. The van der Waals surface area contributed by atoms with Crippen molar-refractivity contribution in [3.63, 3.8) is 0 Å². The lowest BCUT2D eigenvalue weighted by Gasteiger charge is -2.12. The fourth-order valence-corrected chi connectivity index (χ4v) is 2.26. The van der Waals surface area contributed by atoms with Gasteiger partial charge in [0.15, 0.2) is 11.6 Å². The van der Waals surface area contributed by atoms with Gasteiger partial charge in [0.2, 0.25) is 5.91 Å². The van der Waals surface area contributed by atoms with Crippen molar-refractivity contribution in [2.24, 2.45) is 0 Å². The summed E-state index contributed by atoms with van der Waals surface area (Å²) in [5, 5.41) is 9.65. The summed E-state index contributed by atoms with van der Waals surface area (Å²) in [6, 6.07) is 18.9. The van der Waals surface area contributed by atoms with Crippen LogP contribution in [0.15, 0.2) is 65.2 Å². The minimum Gasteiger partial charge on any atom is -0.455 e. The molecular weight excluding hydrogens is 318 g/mol. The maximum Gasteiger partial charge on any atom is 0.227 e. The second-order valence-corrected chi connectivity index (χ2v) is 5.46. The molecule has 3 aromatic rings. The Bertz CT molecular complexity index is 831. The molecule has 6 heteroatoms. The third-order valence-corrected chi connectivity index (χ3v) is 3.42. The highest BCUT2D eigenvalue weighted by Crippen LogP contribution is 2.28. The van der Waals surface area contributed by atoms with E-state index in [0.29, 0.717) is 30.3 Å². The number of para-hydroxylation sites is 3. The number of ether oxygens (including phenoxy) is 1. The van der Waals surface area contributed by atoms with Crippen LogP contribution in [0.4, 0.5) is 11.5 Å². The number of nitrogens with one attached hydrogen (secondary N) is 2. The van der Waals surface area contributed by atoms with Crippen LogP contribution in [0.1, 0.15) is 12.2 Å². The monoisotopic (exact) mass is 337 g/mol. The summed E-state index contributed by atoms with van der Waals surface area (Å²) in [4.78, 5) is 11.9. The second-order valence-electron chi connectivity index (χ2n) is 5.46. The third kappa shape index (κ3) is 4.84. The molecule has 0 saturated carbocycles. The Morgan fingerprint density at radius 3 is 2.64 bits per heavy atom. The number of rotatable bonds is 7. The zero-order chi connectivity index (χ0) is 17.5. The highest BCUT2D eigenvalue weighted by molar-refractivity contribution is 5.90. The van der Waals surface area contributed by atoms with E-state index < -0.39 is 0 Å². The molecule has 25 heavy (non-hydrogen) atoms. The Hall–Kier alpha value is -3.28. The Morgan fingerprint density at radius 2 is 1.88 bits per heavy atom. The molecule has 3 rings (SSSR count). The molecule has 1 aromatic heterocycles. The molecule has 0 radical (unpaired) electrons. The Kier molecular flexibility index (Phi) is 5.31. The number of carbonyl (C=O) groups is 1. The lowest BCUT2D eigenvalue weighted by molar-refractivity contribution is -0.116. The van der Waals surface area contributed by atoms with Crippen LogP contribution >= 0.6 is 0 Å². The van der Waals surface area contributed by atoms with Gasteiger partial charge in [0.1, 0.15) is 11.5 Å². The zero-order valence-electron chi connectivity index (χ0n) is 13.9. The van der Waals surface area contributed by atoms with Gasteiger partial charge in [-0.25, -0.2) is 0 Å². The number of aryl methyl sites for hydroxylation is 1. The molecule has 128 valence electrons. The van der Waals surface area contributed by atoms with Gasteiger partial charge in [0.25, 0.3) is 0 Å². The van der Waals surface area contributed by atoms with E-state index in [1.807, 2.05) is 54.6 Å². The maximum absolute atomic E-state index is 11.9. The van der Waals surface area contributed by atoms with Crippen molar-refractivity contribution in [1.82, 2.24) is 5.16 Å². The molecule has 0 spiro atoms. The largest absolute Gasteiger partial charge is 0.455 e. The van der Waals surface area contributed by atoms with Crippen molar-refractivity contribution in [2.75, 3.05) is 17.2 Å². The molecule has 1 amide bonds. The summed E-state index contributed by atoms with van der Waals surface area (Å²) in [7, 11) is 0. The van der Waals surface area contributed by atoms with Crippen LogP contribution in [0, 0.1) is 6.92 Å². The van der Waals surface area contributed by atoms with Gasteiger partial charge in [-0.05, 0) is 31.2 Å². The van der Waals surface area contributed by atoms with E-state index >= 15 is 0 Å². The molecule has 6 nitrogen and oxygen atoms in total. The van der Waals surface area contributed by atoms with Crippen LogP contribution < -0.4 is 15.4 Å². The van der Waals surface area contributed by atoms with Crippen molar-refractivity contribution in [1.29, 1.82) is 0 Å². The molecule has 1 heterocycles. The van der Waals surface area contributed by atoms with Gasteiger partial charge in [0, 0.05) is 19.0 Å². The van der Waals surface area contributed by atoms with Gasteiger partial charge < -0.3 is 19.9 Å². The predicted molar refractivity (Wildman–Crippen MR) is 95.9 cm³/mol. The van der Waals surface area contributed by atoms with Crippen molar-refractivity contribution < 1.29 is 14.1 Å². The van der Waals surface area contributed by atoms with Gasteiger partial charge >= 0.3 is 0 Å². The summed E-state index contributed by atoms with van der Waals surface area (Å²) in [6.07, 6.45) is 0.297. The van der Waals surface area contributed by atoms with E-state index in [-0.39, 0.29) is 5.91 Å². The number of aromatic nitrogens is 1. The standard InChI is InChI=1S/C19H19N3O3/c1-14-13-18(22-25-14)21-19(23)11-12-20-16-9-5-6-10-17(16)24-15-7-3-2-4-8-15/h2-10,13,20H,11-12H2,1H3,(H,21,22,23). The van der Waals surface area contributed by atoms with E-state index in [1.165, 1.54) is 0 Å². The first-order valence-electron chi connectivity index (χ1n) is 8.00. The zero-order valence-corrected chi connectivity index (χ0v) is 13.9. The normalized spacial score (nSPS) is 10.3. The molecular formula is C19H19N3O3. The van der Waals surface area contributed by atoms with Gasteiger partial charge in [-0.15, -0.1) is 0 Å². The summed E-state index contributed by atoms with van der Waals surface area (Å²) >= 11 is 0. The SMILES string of the molecule is Cc1cc(NC(=O)CCNc2ccccc2Oc2ccccc2)no1. The Morgan fingerprint density at radius 1 is 1.12 bits per heavy atom. The molecule has 0 aliphatic heterocycles. The number of hydrogen-bond donors (Lipinski definition) is 2. The topological polar surface area (TPSA) is 76.4 Å². The molecule has 0 saturated heterocycles. The Labute approximate surface area is 145 Å². The summed E-state index contributed by atoms with van der Waals surface area (Å²) in [5.41, 5.74) is 0.830. The third-order valence-electron chi connectivity index (χ3n) is 3.42. The van der Waals surface area contributed by atoms with Gasteiger partial charge in [-0.1, -0.05) is 35.5 Å². The van der Waals surface area contributed by atoms with Crippen LogP contribution in [0.2, 0.25) is 0 Å². The number of benzene rings is 2. The first kappa shape index (κ1) is 16.6. The fraction of sp³-hybridized carbons (Fsp3) is 0.158. The molecule has 0 atom stereocenters. The number of amides is 1. The summed E-state index contributed by atoms with van der Waals surface area (Å²) in [5.74, 6) is 2.41. The fourth-order valence-electron chi connectivity index (χ4n) is 2.26. The van der Waals surface area contributed by atoms with Crippen LogP contribution in [-0.2, 0) is 4.79 Å². The Balaban J connectivity index is 1.53. The minimum absolute atomic E-state index is 0.137. The quantitative estimate of drug-likeness (QED) is 0.675. The lowest BCUT2D eigenvalue weighted by Crippen LogP contribution is -2.16. The first-order chi connectivity index (χ1) is 12.2. The van der Waals surface area contributed by atoms with Gasteiger partial charge in [-0.2, -0.15) is 0 Å². The van der Waals surface area contributed by atoms with Crippen LogP contribution in [0.25, 0.3) is 0 Å².